The van der Waals surface area contributed by atoms with E-state index >= 15 is 0 Å². The Kier molecular flexibility index (Phi) is 29.3. The van der Waals surface area contributed by atoms with Crippen LogP contribution in [0, 0.1) is 25.5 Å². The first-order valence-electron chi connectivity index (χ1n) is 44.4. The summed E-state index contributed by atoms with van der Waals surface area (Å²) in [5.41, 5.74) is 20.6. The first-order chi connectivity index (χ1) is 66.9. The molecule has 10 aromatic carbocycles. The van der Waals surface area contributed by atoms with Crippen LogP contribution >= 0.6 is 58.0 Å². The van der Waals surface area contributed by atoms with Crippen molar-refractivity contribution in [2.24, 2.45) is 21.1 Å². The standard InChI is InChI=1S/C26H27ClN6O.C23H23ClN6O.2C19H15ClN4.C18H11ClF2N4/c1-18(2)31-13-15-32(16-14-31)21(34)17-33-26-22(24(30-33)19-9-5-3-6-10-19)23(27)25(28-29-26)20-11-7-4-8-12-20;1-29(2)14-13-25-18(31)15-30-23-19(21(28-30)16-9-5-3-6-10-16)20(24)22(26-27-23)17-11-7-4-8-12-17;1-12-8-6-7-11-14(12)18-15-16(20)17(13-9-4-3-5-10-13)21-22-19(15)24(2)23-18;1-12-7-6-10-14(11-12)17-15-16(20)18(13-8-4-3-5-9-13)21-22-19(15)24(2)23-17;1-25-18-14(16(24-25)10-2-6-12(20)7-3-10)15(19)17(22-23-18)11-4-8-13(21)9-5-11/h3-12,18H,13-17H2,1-2H3;3-12H,13-15H2,1-2H3,(H,25,31);2*3-11H,1-2H3;2-9H,1H3. The number of nitrogens with zero attached hydrogens (tertiary/aromatic N) is 23. The molecule has 1 N–H and O–H groups in total. The topological polar surface area (TPSA) is 274 Å². The van der Waals surface area contributed by atoms with Crippen LogP contribution in [-0.4, -0.2) is 186 Å². The summed E-state index contributed by atoms with van der Waals surface area (Å²) in [4.78, 5) is 32.0. The van der Waals surface area contributed by atoms with E-state index < -0.39 is 0 Å². The van der Waals surface area contributed by atoms with Gasteiger partial charge in [0, 0.05) is 122 Å². The average Bonchev–Trinajstić information content (AvgIpc) is 1.62. The minimum absolute atomic E-state index is 0.0254. The number of rotatable bonds is 18. The molecule has 0 spiro atoms. The van der Waals surface area contributed by atoms with Gasteiger partial charge in [0.2, 0.25) is 11.8 Å². The predicted molar refractivity (Wildman–Crippen MR) is 543 cm³/mol. The second-order valence-corrected chi connectivity index (χ2v) is 35.2. The number of hydrogen-bond donors (Lipinski definition) is 1. The number of aryl methyl sites for hydroxylation is 5. The summed E-state index contributed by atoms with van der Waals surface area (Å²) in [6.07, 6.45) is 0. The van der Waals surface area contributed by atoms with Crippen molar-refractivity contribution in [1.82, 2.24) is 120 Å². The van der Waals surface area contributed by atoms with Gasteiger partial charge in [0.15, 0.2) is 28.2 Å². The van der Waals surface area contributed by atoms with Crippen molar-refractivity contribution in [2.45, 2.75) is 46.8 Å². The lowest BCUT2D eigenvalue weighted by Gasteiger charge is -2.36. The lowest BCUT2D eigenvalue weighted by Crippen LogP contribution is -2.51. The minimum Gasteiger partial charge on any atom is -0.353 e. The van der Waals surface area contributed by atoms with Crippen LogP contribution in [0.15, 0.2) is 279 Å². The number of amides is 2. The summed E-state index contributed by atoms with van der Waals surface area (Å²) < 4.78 is 34.6. The second kappa shape index (κ2) is 42.6. The normalized spacial score (nSPS) is 12.1. The van der Waals surface area contributed by atoms with Crippen molar-refractivity contribution < 1.29 is 18.4 Å². The lowest BCUT2D eigenvalue weighted by atomic mass is 10.0. The number of hydrogen-bond acceptors (Lipinski definition) is 19. The number of halogens is 7. The van der Waals surface area contributed by atoms with Gasteiger partial charge < -0.3 is 15.1 Å². The molecular formula is C105H91Cl5F2N24O2. The SMILES string of the molecule is CC(C)N1CCN(C(=O)Cn2nc(-c3ccccc3)c3c(Cl)c(-c4ccccc4)nnc32)CC1.CN(C)CCNC(=O)Cn1nc(-c2ccccc2)c2c(Cl)c(-c3ccccc3)nnc21.Cc1cccc(-c2nn(C)c3nnc(-c4ccccc4)c(Cl)c23)c1.Cc1ccccc1-c1nn(C)c2nnc(-c3ccccc3)c(Cl)c12.Cn1nc(-c2ccc(F)cc2)c2c(Cl)c(-c3ccc(F)cc3)nnc21. The Balaban J connectivity index is 0.000000120. The van der Waals surface area contributed by atoms with Gasteiger partial charge in [-0.15, -0.1) is 51.0 Å². The molecule has 1 aliphatic rings. The summed E-state index contributed by atoms with van der Waals surface area (Å²) in [5.74, 6) is -0.794. The predicted octanol–water partition coefficient (Wildman–Crippen LogP) is 21.8. The monoisotopic (exact) mass is 1930 g/mol. The highest BCUT2D eigenvalue weighted by atomic mass is 35.5. The van der Waals surface area contributed by atoms with Crippen LogP contribution in [0.25, 0.3) is 168 Å². The zero-order chi connectivity index (χ0) is 96.4. The highest BCUT2D eigenvalue weighted by Gasteiger charge is 2.30. The van der Waals surface area contributed by atoms with E-state index in [9.17, 15) is 18.4 Å². The molecule has 2 amide bonds. The Morgan fingerprint density at radius 3 is 1.02 bits per heavy atom. The summed E-state index contributed by atoms with van der Waals surface area (Å²) >= 11 is 33.8. The largest absolute Gasteiger partial charge is 0.353 e. The molecule has 26 nitrogen and oxygen atoms in total. The first kappa shape index (κ1) is 94.9. The Labute approximate surface area is 818 Å². The van der Waals surface area contributed by atoms with Crippen LogP contribution in [-0.2, 0) is 43.8 Å². The van der Waals surface area contributed by atoms with Crippen LogP contribution in [0.5, 0.6) is 0 Å². The van der Waals surface area contributed by atoms with Gasteiger partial charge in [-0.2, -0.15) is 25.5 Å². The van der Waals surface area contributed by atoms with E-state index in [1.54, 1.807) is 54.7 Å². The zero-order valence-corrected chi connectivity index (χ0v) is 80.3. The van der Waals surface area contributed by atoms with E-state index in [2.05, 4.69) is 128 Å². The number of fused-ring (bicyclic) bond motifs is 5. The zero-order valence-electron chi connectivity index (χ0n) is 76.5. The molecule has 0 unspecified atom stereocenters. The van der Waals surface area contributed by atoms with Gasteiger partial charge in [0.05, 0.1) is 52.0 Å². The van der Waals surface area contributed by atoms with Gasteiger partial charge >= 0.3 is 0 Å². The quantitative estimate of drug-likeness (QED) is 0.0836. The fourth-order valence-electron chi connectivity index (χ4n) is 16.2. The second-order valence-electron chi connectivity index (χ2n) is 33.3. The first-order valence-corrected chi connectivity index (χ1v) is 46.2. The van der Waals surface area contributed by atoms with Gasteiger partial charge in [0.25, 0.3) is 0 Å². The number of likely N-dealkylation sites (N-methyl/N-ethyl adjacent to an activating group) is 1. The summed E-state index contributed by atoms with van der Waals surface area (Å²) in [6.45, 7) is 13.1. The maximum Gasteiger partial charge on any atom is 0.244 e. The van der Waals surface area contributed by atoms with Crippen molar-refractivity contribution in [3.8, 4) is 113 Å². The van der Waals surface area contributed by atoms with Crippen molar-refractivity contribution >= 4 is 125 Å². The molecule has 11 heterocycles. The number of benzene rings is 10. The fourth-order valence-corrected chi connectivity index (χ4v) is 17.8. The highest BCUT2D eigenvalue weighted by molar-refractivity contribution is 6.41. The van der Waals surface area contributed by atoms with Gasteiger partial charge in [-0.05, 0) is 102 Å². The number of nitrogens with one attached hydrogen (secondary N) is 1. The molecule has 0 atom stereocenters. The van der Waals surface area contributed by atoms with Crippen molar-refractivity contribution in [2.75, 3.05) is 53.4 Å². The maximum atomic E-state index is 13.2. The molecule has 0 bridgehead atoms. The molecule has 1 aliphatic heterocycles. The van der Waals surface area contributed by atoms with E-state index in [-0.39, 0.29) is 36.5 Å². The molecule has 0 aliphatic carbocycles. The summed E-state index contributed by atoms with van der Waals surface area (Å²) in [6, 6.07) is 87.3. The van der Waals surface area contributed by atoms with Crippen molar-refractivity contribution in [3.05, 3.63) is 327 Å². The van der Waals surface area contributed by atoms with E-state index in [1.807, 2.05) is 244 Å². The van der Waals surface area contributed by atoms with Crippen LogP contribution in [0.1, 0.15) is 25.0 Å². The number of carbonyl (C=O) groups is 2. The Morgan fingerprint density at radius 1 is 0.348 bits per heavy atom. The Hall–Kier alpha value is -14.9. The van der Waals surface area contributed by atoms with Gasteiger partial charge in [-0.1, -0.05) is 288 Å². The maximum absolute atomic E-state index is 13.2. The number of carbonyl (C=O) groups excluding carboxylic acids is 2. The molecule has 692 valence electrons. The van der Waals surface area contributed by atoms with E-state index in [1.165, 1.54) is 29.8 Å². The molecule has 21 rings (SSSR count). The van der Waals surface area contributed by atoms with Crippen molar-refractivity contribution in [1.29, 1.82) is 0 Å². The molecule has 20 aromatic rings. The number of piperazine rings is 1. The highest BCUT2D eigenvalue weighted by Crippen LogP contribution is 2.44. The van der Waals surface area contributed by atoms with Crippen LogP contribution in [0.3, 0.4) is 0 Å². The molecule has 33 heteroatoms. The fraction of sp³-hybridized carbons (Fsp3) is 0.171. The molecule has 1 fully saturated rings. The van der Waals surface area contributed by atoms with E-state index in [4.69, 9.17) is 68.2 Å². The van der Waals surface area contributed by atoms with Crippen LogP contribution in [0.2, 0.25) is 25.1 Å². The molecule has 1 saturated heterocycles. The molecule has 10 aromatic heterocycles. The minimum atomic E-state index is -0.345. The van der Waals surface area contributed by atoms with Gasteiger partial charge in [0.1, 0.15) is 81.7 Å². The third-order valence-corrected chi connectivity index (χ3v) is 25.2. The van der Waals surface area contributed by atoms with E-state index in [0.29, 0.717) is 152 Å². The van der Waals surface area contributed by atoms with Crippen molar-refractivity contribution in [3.63, 3.8) is 0 Å². The van der Waals surface area contributed by atoms with Crippen LogP contribution in [0.4, 0.5) is 8.78 Å². The molecule has 138 heavy (non-hydrogen) atoms. The average molecular weight is 1940 g/mol. The smallest absolute Gasteiger partial charge is 0.244 e. The summed E-state index contributed by atoms with van der Waals surface area (Å²) in [5, 5.41) is 75.7. The summed E-state index contributed by atoms with van der Waals surface area (Å²) in [7, 11) is 9.37. The lowest BCUT2D eigenvalue weighted by molar-refractivity contribution is -0.134. The third kappa shape index (κ3) is 20.6. The molecule has 0 radical (unpaired) electrons. The molecular weight excluding hydrogens is 1840 g/mol. The Bertz CT molecular complexity index is 7770. The number of aromatic nitrogens is 20. The molecule has 0 saturated carbocycles. The van der Waals surface area contributed by atoms with Gasteiger partial charge in [-0.25, -0.2) is 32.2 Å². The van der Waals surface area contributed by atoms with Gasteiger partial charge in [-0.3, -0.25) is 14.5 Å². The van der Waals surface area contributed by atoms with E-state index in [0.717, 1.165) is 91.9 Å². The Morgan fingerprint density at radius 2 is 0.652 bits per heavy atom. The third-order valence-electron chi connectivity index (χ3n) is 23.3. The van der Waals surface area contributed by atoms with Crippen LogP contribution < -0.4 is 5.32 Å².